The van der Waals surface area contributed by atoms with Crippen LogP contribution in [0.25, 0.3) is 10.2 Å². The molecule has 3 heterocycles. The molecule has 0 spiro atoms. The molecule has 2 aromatic rings. The van der Waals surface area contributed by atoms with E-state index in [-0.39, 0.29) is 0 Å². The lowest BCUT2D eigenvalue weighted by atomic mass is 10.2. The van der Waals surface area contributed by atoms with Crippen molar-refractivity contribution in [2.75, 3.05) is 58.3 Å². The molecule has 10 heteroatoms. The number of ether oxygens (including phenoxy) is 1. The van der Waals surface area contributed by atoms with E-state index in [1.807, 2.05) is 0 Å². The van der Waals surface area contributed by atoms with Crippen molar-refractivity contribution in [3.63, 3.8) is 0 Å². The predicted octanol–water partition coefficient (Wildman–Crippen LogP) is 3.44. The van der Waals surface area contributed by atoms with E-state index in [1.165, 1.54) is 16.8 Å². The quantitative estimate of drug-likeness (QED) is 0.647. The van der Waals surface area contributed by atoms with E-state index in [0.717, 1.165) is 53.7 Å². The second-order valence-electron chi connectivity index (χ2n) is 7.47. The minimum absolute atomic E-state index is 0.364. The molecule has 0 saturated carbocycles. The van der Waals surface area contributed by atoms with Crippen molar-refractivity contribution < 1.29 is 17.9 Å². The number of anilines is 1. The topological polar surface area (TPSA) is 53.5 Å². The van der Waals surface area contributed by atoms with Crippen molar-refractivity contribution in [3.05, 3.63) is 16.3 Å². The van der Waals surface area contributed by atoms with Gasteiger partial charge in [0.2, 0.25) is 0 Å². The fraction of sp³-hybridized carbons (Fsp3) is 0.684. The summed E-state index contributed by atoms with van der Waals surface area (Å²) >= 11 is 1.65. The average molecular weight is 432 g/mol. The normalized spacial score (nSPS) is 16.1. The monoisotopic (exact) mass is 431 g/mol. The highest BCUT2D eigenvalue weighted by Crippen LogP contribution is 2.33. The fourth-order valence-corrected chi connectivity index (χ4v) is 4.44. The van der Waals surface area contributed by atoms with Gasteiger partial charge in [0, 0.05) is 24.5 Å². The molecule has 0 atom stereocenters. The number of thiophene rings is 1. The summed E-state index contributed by atoms with van der Waals surface area (Å²) in [5.41, 5.74) is 1.15. The Bertz CT molecular complexity index is 820. The molecule has 0 aromatic carbocycles. The molecule has 0 radical (unpaired) electrons. The van der Waals surface area contributed by atoms with Gasteiger partial charge >= 0.3 is 6.18 Å². The lowest BCUT2D eigenvalue weighted by molar-refractivity contribution is -0.142. The summed E-state index contributed by atoms with van der Waals surface area (Å²) in [6.07, 6.45) is -3.57. The van der Waals surface area contributed by atoms with Crippen molar-refractivity contribution in [2.24, 2.45) is 0 Å². The van der Waals surface area contributed by atoms with Crippen LogP contribution in [0.5, 0.6) is 0 Å². The van der Waals surface area contributed by atoms with Gasteiger partial charge in [-0.05, 0) is 39.4 Å². The number of aryl methyl sites for hydroxylation is 2. The summed E-state index contributed by atoms with van der Waals surface area (Å²) in [6, 6.07) is 0. The van der Waals surface area contributed by atoms with Crippen LogP contribution in [0.4, 0.5) is 19.0 Å². The number of nitrogens with zero attached hydrogens (tertiary/aromatic N) is 4. The van der Waals surface area contributed by atoms with Crippen LogP contribution in [-0.2, 0) is 11.3 Å². The van der Waals surface area contributed by atoms with Crippen LogP contribution in [-0.4, -0.2) is 78.9 Å². The molecule has 3 rings (SSSR count). The third-order valence-corrected chi connectivity index (χ3v) is 6.10. The Balaban J connectivity index is 1.68. The van der Waals surface area contributed by atoms with Gasteiger partial charge in [-0.3, -0.25) is 9.80 Å². The van der Waals surface area contributed by atoms with Gasteiger partial charge in [-0.15, -0.1) is 11.3 Å². The van der Waals surface area contributed by atoms with E-state index >= 15 is 0 Å². The van der Waals surface area contributed by atoms with Crippen LogP contribution >= 0.6 is 11.3 Å². The van der Waals surface area contributed by atoms with Crippen molar-refractivity contribution in [1.82, 2.24) is 19.8 Å². The van der Waals surface area contributed by atoms with Gasteiger partial charge in [0.25, 0.3) is 0 Å². The van der Waals surface area contributed by atoms with Crippen molar-refractivity contribution in [2.45, 2.75) is 33.0 Å². The molecule has 1 aliphatic rings. The maximum Gasteiger partial charge on any atom is 0.401 e. The molecule has 162 valence electrons. The first-order valence-electron chi connectivity index (χ1n) is 9.79. The summed E-state index contributed by atoms with van der Waals surface area (Å²) in [6.45, 7) is 7.97. The van der Waals surface area contributed by atoms with Crippen molar-refractivity contribution in [3.8, 4) is 0 Å². The van der Waals surface area contributed by atoms with Crippen LogP contribution in [0.15, 0.2) is 0 Å². The zero-order chi connectivity index (χ0) is 21.0. The third-order valence-electron chi connectivity index (χ3n) is 5.00. The number of fused-ring (bicyclic) bond motifs is 1. The summed E-state index contributed by atoms with van der Waals surface area (Å²) in [7, 11) is 1.49. The Labute approximate surface area is 173 Å². The maximum atomic E-state index is 12.5. The Morgan fingerprint density at radius 2 is 1.93 bits per heavy atom. The smallest absolute Gasteiger partial charge is 0.379 e. The van der Waals surface area contributed by atoms with E-state index in [1.54, 1.807) is 11.3 Å². The zero-order valence-corrected chi connectivity index (χ0v) is 17.9. The van der Waals surface area contributed by atoms with Crippen LogP contribution in [0, 0.1) is 13.8 Å². The first-order valence-corrected chi connectivity index (χ1v) is 10.6. The second-order valence-corrected chi connectivity index (χ2v) is 8.68. The molecule has 0 amide bonds. The number of nitrogens with one attached hydrogen (secondary N) is 1. The van der Waals surface area contributed by atoms with Gasteiger partial charge in [-0.2, -0.15) is 13.2 Å². The summed E-state index contributed by atoms with van der Waals surface area (Å²) < 4.78 is 42.8. The second kappa shape index (κ2) is 9.55. The number of hydrogen-bond acceptors (Lipinski definition) is 7. The van der Waals surface area contributed by atoms with Gasteiger partial charge in [0.15, 0.2) is 0 Å². The van der Waals surface area contributed by atoms with Gasteiger partial charge in [0.1, 0.15) is 16.5 Å². The highest BCUT2D eigenvalue weighted by molar-refractivity contribution is 7.18. The summed E-state index contributed by atoms with van der Waals surface area (Å²) in [5.74, 6) is 1.54. The molecule has 6 nitrogen and oxygen atoms in total. The number of halogens is 3. The maximum absolute atomic E-state index is 12.5. The average Bonchev–Trinajstić information content (AvgIpc) is 2.92. The lowest BCUT2D eigenvalue weighted by Crippen LogP contribution is -2.36. The minimum Gasteiger partial charge on any atom is -0.379 e. The van der Waals surface area contributed by atoms with Gasteiger partial charge in [0.05, 0.1) is 31.7 Å². The molecule has 1 N–H and O–H groups in total. The highest BCUT2D eigenvalue weighted by atomic mass is 32.1. The van der Waals surface area contributed by atoms with E-state index < -0.39 is 12.7 Å². The Kier molecular flexibility index (Phi) is 7.31. The van der Waals surface area contributed by atoms with Crippen LogP contribution in [0.2, 0.25) is 0 Å². The largest absolute Gasteiger partial charge is 0.401 e. The molecule has 1 saturated heterocycles. The highest BCUT2D eigenvalue weighted by Gasteiger charge is 2.28. The molecule has 1 aliphatic heterocycles. The number of morpholine rings is 1. The summed E-state index contributed by atoms with van der Waals surface area (Å²) in [4.78, 5) is 15.2. The van der Waals surface area contributed by atoms with E-state index in [0.29, 0.717) is 26.1 Å². The molecular formula is C19H28F3N5OS. The molecule has 0 aliphatic carbocycles. The van der Waals surface area contributed by atoms with E-state index in [2.05, 4.69) is 24.1 Å². The number of hydrogen-bond donors (Lipinski definition) is 1. The molecular weight excluding hydrogens is 403 g/mol. The van der Waals surface area contributed by atoms with Gasteiger partial charge < -0.3 is 10.1 Å². The first-order chi connectivity index (χ1) is 13.7. The first kappa shape index (κ1) is 22.2. The number of alkyl halides is 3. The Morgan fingerprint density at radius 3 is 2.62 bits per heavy atom. The van der Waals surface area contributed by atoms with E-state index in [9.17, 15) is 13.2 Å². The fourth-order valence-electron chi connectivity index (χ4n) is 3.39. The Hall–Kier alpha value is -1.49. The number of rotatable bonds is 8. The van der Waals surface area contributed by atoms with Gasteiger partial charge in [-0.25, -0.2) is 9.97 Å². The van der Waals surface area contributed by atoms with Crippen molar-refractivity contribution in [1.29, 1.82) is 0 Å². The molecule has 0 unspecified atom stereocenters. The SMILES string of the molecule is Cc1sc2nc(CN3CCOCC3)nc(NCCCN(C)CC(F)(F)F)c2c1C. The van der Waals surface area contributed by atoms with E-state index in [4.69, 9.17) is 14.7 Å². The third kappa shape index (κ3) is 6.24. The Morgan fingerprint density at radius 1 is 1.21 bits per heavy atom. The predicted molar refractivity (Wildman–Crippen MR) is 110 cm³/mol. The molecule has 1 fully saturated rings. The van der Waals surface area contributed by atoms with Gasteiger partial charge in [-0.1, -0.05) is 0 Å². The standard InChI is InChI=1S/C19H28F3N5OS/c1-13-14(2)29-18-16(13)17(23-5-4-6-26(3)12-19(20,21)22)24-15(25-18)11-27-7-9-28-10-8-27/h4-12H2,1-3H3,(H,23,24,25). The lowest BCUT2D eigenvalue weighted by Gasteiger charge is -2.25. The molecule has 0 bridgehead atoms. The van der Waals surface area contributed by atoms with Crippen LogP contribution in [0.3, 0.4) is 0 Å². The minimum atomic E-state index is -4.17. The van der Waals surface area contributed by atoms with Crippen LogP contribution < -0.4 is 5.32 Å². The van der Waals surface area contributed by atoms with Crippen LogP contribution in [0.1, 0.15) is 22.7 Å². The molecule has 2 aromatic heterocycles. The zero-order valence-electron chi connectivity index (χ0n) is 17.1. The molecule has 29 heavy (non-hydrogen) atoms. The van der Waals surface area contributed by atoms with Crippen molar-refractivity contribution >= 4 is 27.4 Å². The number of aromatic nitrogens is 2. The summed E-state index contributed by atoms with van der Waals surface area (Å²) in [5, 5.41) is 4.36.